The Morgan fingerprint density at radius 2 is 1.43 bits per heavy atom. The van der Waals surface area contributed by atoms with Gasteiger partial charge in [0.25, 0.3) is 0 Å². The molecule has 1 aliphatic heterocycles. The first-order valence-electron chi connectivity index (χ1n) is 14.2. The standard InChI is InChI=1S/C33H34N4O6S/c1-35(24-31(38)25-11-5-2-6-12-25)32(39)30-23-36(21-22-37(30)44(41,42)29-15-9-4-10-16-29)33(40)34-26-17-19-28(20-18-26)43-27-13-7-3-8-14-27/h2-20,30-31,38H,21-24H2,1H3,(H,34,40)/t30-,31?/m0/s1. The number of rotatable bonds is 9. The lowest BCUT2D eigenvalue weighted by Crippen LogP contribution is -2.62. The molecule has 228 valence electrons. The summed E-state index contributed by atoms with van der Waals surface area (Å²) in [6.07, 6.45) is -0.971. The molecule has 11 heteroatoms. The summed E-state index contributed by atoms with van der Waals surface area (Å²) in [5, 5.41) is 13.6. The highest BCUT2D eigenvalue weighted by Gasteiger charge is 2.42. The van der Waals surface area contributed by atoms with E-state index in [0.717, 1.165) is 4.31 Å². The summed E-state index contributed by atoms with van der Waals surface area (Å²) in [6.45, 7) is -0.229. The van der Waals surface area contributed by atoms with E-state index in [1.54, 1.807) is 66.7 Å². The number of ether oxygens (including phenoxy) is 1. The number of amides is 3. The average molecular weight is 615 g/mol. The molecule has 2 N–H and O–H groups in total. The fraction of sp³-hybridized carbons (Fsp3) is 0.212. The second-order valence-corrected chi connectivity index (χ2v) is 12.3. The lowest BCUT2D eigenvalue weighted by atomic mass is 10.1. The number of aliphatic hydroxyl groups excluding tert-OH is 1. The minimum absolute atomic E-state index is 0.0534. The fourth-order valence-electron chi connectivity index (χ4n) is 4.99. The first-order chi connectivity index (χ1) is 21.2. The molecule has 5 rings (SSSR count). The van der Waals surface area contributed by atoms with Crippen LogP contribution < -0.4 is 10.1 Å². The smallest absolute Gasteiger partial charge is 0.321 e. The van der Waals surface area contributed by atoms with Gasteiger partial charge in [-0.05, 0) is 54.1 Å². The number of carbonyl (C=O) groups is 2. The summed E-state index contributed by atoms with van der Waals surface area (Å²) in [6, 6.07) is 31.3. The van der Waals surface area contributed by atoms with Gasteiger partial charge in [0.05, 0.1) is 17.5 Å². The zero-order valence-corrected chi connectivity index (χ0v) is 25.0. The SMILES string of the molecule is CN(CC(O)c1ccccc1)C(=O)[C@@H]1CN(C(=O)Nc2ccc(Oc3ccccc3)cc2)CCN1S(=O)(=O)c1ccccc1. The Bertz CT molecular complexity index is 1660. The zero-order chi connectivity index (χ0) is 31.1. The van der Waals surface area contributed by atoms with Crippen molar-refractivity contribution in [1.29, 1.82) is 0 Å². The Morgan fingerprint density at radius 3 is 2.07 bits per heavy atom. The Morgan fingerprint density at radius 1 is 0.864 bits per heavy atom. The average Bonchev–Trinajstić information content (AvgIpc) is 3.06. The number of hydrogen-bond donors (Lipinski definition) is 2. The van der Waals surface area contributed by atoms with Crippen molar-refractivity contribution < 1.29 is 27.9 Å². The third-order valence-corrected chi connectivity index (χ3v) is 9.27. The van der Waals surface area contributed by atoms with Gasteiger partial charge in [-0.25, -0.2) is 13.2 Å². The number of anilines is 1. The largest absolute Gasteiger partial charge is 0.457 e. The van der Waals surface area contributed by atoms with Gasteiger partial charge in [0.15, 0.2) is 0 Å². The van der Waals surface area contributed by atoms with Crippen LogP contribution >= 0.6 is 0 Å². The van der Waals surface area contributed by atoms with Gasteiger partial charge in [-0.1, -0.05) is 66.7 Å². The maximum atomic E-state index is 13.8. The van der Waals surface area contributed by atoms with Crippen molar-refractivity contribution in [2.24, 2.45) is 0 Å². The van der Waals surface area contributed by atoms with Gasteiger partial charge in [-0.15, -0.1) is 0 Å². The topological polar surface area (TPSA) is 119 Å². The third kappa shape index (κ3) is 7.25. The van der Waals surface area contributed by atoms with Crippen molar-refractivity contribution in [3.05, 3.63) is 121 Å². The Hall–Kier alpha value is -4.71. The van der Waals surface area contributed by atoms with E-state index in [4.69, 9.17) is 4.74 Å². The fourth-order valence-corrected chi connectivity index (χ4v) is 6.57. The van der Waals surface area contributed by atoms with Gasteiger partial charge < -0.3 is 25.0 Å². The van der Waals surface area contributed by atoms with Crippen molar-refractivity contribution >= 4 is 27.6 Å². The molecule has 44 heavy (non-hydrogen) atoms. The molecule has 0 aromatic heterocycles. The maximum absolute atomic E-state index is 13.8. The lowest BCUT2D eigenvalue weighted by molar-refractivity contribution is -0.136. The highest BCUT2D eigenvalue weighted by atomic mass is 32.2. The second-order valence-electron chi connectivity index (χ2n) is 10.4. The van der Waals surface area contributed by atoms with E-state index in [0.29, 0.717) is 22.7 Å². The maximum Gasteiger partial charge on any atom is 0.321 e. The van der Waals surface area contributed by atoms with Gasteiger partial charge in [0.1, 0.15) is 17.5 Å². The first kappa shape index (κ1) is 30.7. The molecular weight excluding hydrogens is 580 g/mol. The van der Waals surface area contributed by atoms with Gasteiger partial charge in [-0.3, -0.25) is 4.79 Å². The minimum atomic E-state index is -4.06. The number of sulfonamides is 1. The Balaban J connectivity index is 1.31. The molecule has 2 atom stereocenters. The molecule has 0 radical (unpaired) electrons. The Kier molecular flexibility index (Phi) is 9.59. The molecule has 1 aliphatic rings. The molecule has 0 saturated carbocycles. The molecule has 1 heterocycles. The first-order valence-corrected chi connectivity index (χ1v) is 15.6. The molecule has 0 bridgehead atoms. The number of para-hydroxylation sites is 1. The number of urea groups is 1. The molecule has 3 amide bonds. The highest BCUT2D eigenvalue weighted by molar-refractivity contribution is 7.89. The summed E-state index contributed by atoms with van der Waals surface area (Å²) in [4.78, 5) is 29.9. The summed E-state index contributed by atoms with van der Waals surface area (Å²) in [7, 11) is -2.54. The van der Waals surface area contributed by atoms with Gasteiger partial charge in [0, 0.05) is 32.4 Å². The van der Waals surface area contributed by atoms with Crippen LogP contribution in [0.3, 0.4) is 0 Å². The highest BCUT2D eigenvalue weighted by Crippen LogP contribution is 2.26. The summed E-state index contributed by atoms with van der Waals surface area (Å²) in [5.74, 6) is 0.754. The molecular formula is C33H34N4O6S. The second kappa shape index (κ2) is 13.7. The predicted molar refractivity (Wildman–Crippen MR) is 167 cm³/mol. The van der Waals surface area contributed by atoms with E-state index in [2.05, 4.69) is 5.32 Å². The number of nitrogens with zero attached hydrogens (tertiary/aromatic N) is 3. The molecule has 0 aliphatic carbocycles. The van der Waals surface area contributed by atoms with E-state index in [1.807, 2.05) is 36.4 Å². The van der Waals surface area contributed by atoms with Crippen molar-refractivity contribution in [3.8, 4) is 11.5 Å². The van der Waals surface area contributed by atoms with Gasteiger partial charge in [-0.2, -0.15) is 4.31 Å². The zero-order valence-electron chi connectivity index (χ0n) is 24.2. The van der Waals surface area contributed by atoms with Crippen LogP contribution in [0.5, 0.6) is 11.5 Å². The van der Waals surface area contributed by atoms with Crippen LogP contribution in [0.25, 0.3) is 0 Å². The van der Waals surface area contributed by atoms with E-state index in [9.17, 15) is 23.1 Å². The quantitative estimate of drug-likeness (QED) is 0.285. The number of piperazine rings is 1. The van der Waals surface area contributed by atoms with Crippen molar-refractivity contribution in [2.75, 3.05) is 38.5 Å². The van der Waals surface area contributed by atoms with Crippen LogP contribution in [0.1, 0.15) is 11.7 Å². The molecule has 1 fully saturated rings. The van der Waals surface area contributed by atoms with Crippen LogP contribution in [0.4, 0.5) is 10.5 Å². The molecule has 4 aromatic rings. The lowest BCUT2D eigenvalue weighted by Gasteiger charge is -2.41. The summed E-state index contributed by atoms with van der Waals surface area (Å²) in [5.41, 5.74) is 1.14. The van der Waals surface area contributed by atoms with Crippen LogP contribution in [0.15, 0.2) is 120 Å². The predicted octanol–water partition coefficient (Wildman–Crippen LogP) is 4.58. The number of hydrogen-bond acceptors (Lipinski definition) is 6. The van der Waals surface area contributed by atoms with Gasteiger partial charge in [0.2, 0.25) is 15.9 Å². The number of nitrogens with one attached hydrogen (secondary N) is 1. The number of carbonyl (C=O) groups excluding carboxylic acids is 2. The van der Waals surface area contributed by atoms with E-state index < -0.39 is 34.1 Å². The van der Waals surface area contributed by atoms with Crippen LogP contribution in [0.2, 0.25) is 0 Å². The normalized spacial score (nSPS) is 16.1. The molecule has 1 saturated heterocycles. The number of aliphatic hydroxyl groups is 1. The summed E-state index contributed by atoms with van der Waals surface area (Å²) < 4.78 is 34.3. The van der Waals surface area contributed by atoms with Crippen molar-refractivity contribution in [3.63, 3.8) is 0 Å². The van der Waals surface area contributed by atoms with E-state index in [-0.39, 0.29) is 31.1 Å². The van der Waals surface area contributed by atoms with E-state index >= 15 is 0 Å². The van der Waals surface area contributed by atoms with Crippen molar-refractivity contribution in [1.82, 2.24) is 14.1 Å². The Labute approximate surface area is 257 Å². The molecule has 0 spiro atoms. The molecule has 1 unspecified atom stereocenters. The van der Waals surface area contributed by atoms with Crippen molar-refractivity contribution in [2.45, 2.75) is 17.0 Å². The monoisotopic (exact) mass is 614 g/mol. The van der Waals surface area contributed by atoms with Crippen LogP contribution in [-0.2, 0) is 14.8 Å². The third-order valence-electron chi connectivity index (χ3n) is 7.35. The van der Waals surface area contributed by atoms with Gasteiger partial charge >= 0.3 is 6.03 Å². The number of benzene rings is 4. The minimum Gasteiger partial charge on any atom is -0.457 e. The van der Waals surface area contributed by atoms with E-state index in [1.165, 1.54) is 29.0 Å². The number of likely N-dealkylation sites (N-methyl/N-ethyl adjacent to an activating group) is 1. The van der Waals surface area contributed by atoms with Crippen LogP contribution in [-0.4, -0.2) is 78.8 Å². The van der Waals surface area contributed by atoms with Crippen LogP contribution in [0, 0.1) is 0 Å². The molecule has 4 aromatic carbocycles. The molecule has 10 nitrogen and oxygen atoms in total. The summed E-state index contributed by atoms with van der Waals surface area (Å²) >= 11 is 0.